The SMILES string of the molecule is CN(C)/C=N\c1cc(Cl)c(O)c(Cl)c1. The lowest BCUT2D eigenvalue weighted by Gasteiger charge is -2.04. The summed E-state index contributed by atoms with van der Waals surface area (Å²) in [6, 6.07) is 3.09. The minimum Gasteiger partial charge on any atom is -0.505 e. The van der Waals surface area contributed by atoms with E-state index in [-0.39, 0.29) is 15.8 Å². The van der Waals surface area contributed by atoms with Crippen LogP contribution in [0.15, 0.2) is 17.1 Å². The molecule has 0 radical (unpaired) electrons. The minimum atomic E-state index is -0.114. The molecule has 1 aromatic carbocycles. The van der Waals surface area contributed by atoms with Gasteiger partial charge >= 0.3 is 0 Å². The summed E-state index contributed by atoms with van der Waals surface area (Å²) in [6.07, 6.45) is 1.62. The number of benzene rings is 1. The van der Waals surface area contributed by atoms with Gasteiger partial charge in [-0.1, -0.05) is 23.2 Å². The van der Waals surface area contributed by atoms with Crippen molar-refractivity contribution in [2.45, 2.75) is 0 Å². The van der Waals surface area contributed by atoms with Gasteiger partial charge in [-0.3, -0.25) is 0 Å². The molecule has 0 unspecified atom stereocenters. The molecular formula is C9H10Cl2N2O. The molecule has 0 fully saturated rings. The molecule has 0 saturated heterocycles. The molecule has 0 spiro atoms. The summed E-state index contributed by atoms with van der Waals surface area (Å²) in [4.78, 5) is 5.88. The number of nitrogens with zero attached hydrogens (tertiary/aromatic N) is 2. The van der Waals surface area contributed by atoms with Gasteiger partial charge in [-0.05, 0) is 12.1 Å². The first-order chi connectivity index (χ1) is 6.50. The first-order valence-electron chi connectivity index (χ1n) is 3.89. The average Bonchev–Trinajstić information content (AvgIpc) is 2.10. The highest BCUT2D eigenvalue weighted by Crippen LogP contribution is 2.35. The van der Waals surface area contributed by atoms with Crippen molar-refractivity contribution in [2.24, 2.45) is 4.99 Å². The fourth-order valence-corrected chi connectivity index (χ4v) is 1.28. The topological polar surface area (TPSA) is 35.8 Å². The zero-order valence-corrected chi connectivity index (χ0v) is 9.34. The van der Waals surface area contributed by atoms with Crippen LogP contribution < -0.4 is 0 Å². The van der Waals surface area contributed by atoms with Gasteiger partial charge < -0.3 is 10.0 Å². The van der Waals surface area contributed by atoms with Gasteiger partial charge in [0.2, 0.25) is 0 Å². The molecule has 76 valence electrons. The molecular weight excluding hydrogens is 223 g/mol. The molecule has 1 N–H and O–H groups in total. The van der Waals surface area contributed by atoms with E-state index in [4.69, 9.17) is 23.2 Å². The van der Waals surface area contributed by atoms with E-state index < -0.39 is 0 Å². The Bertz CT molecular complexity index is 341. The maximum Gasteiger partial charge on any atom is 0.152 e. The Balaban J connectivity index is 3.01. The van der Waals surface area contributed by atoms with Crippen LogP contribution in [0, 0.1) is 0 Å². The molecule has 0 aromatic heterocycles. The van der Waals surface area contributed by atoms with Crippen LogP contribution in [0.2, 0.25) is 10.0 Å². The monoisotopic (exact) mass is 232 g/mol. The first-order valence-corrected chi connectivity index (χ1v) is 4.65. The van der Waals surface area contributed by atoms with E-state index in [0.29, 0.717) is 5.69 Å². The van der Waals surface area contributed by atoms with Crippen LogP contribution in [0.1, 0.15) is 0 Å². The quantitative estimate of drug-likeness (QED) is 0.629. The van der Waals surface area contributed by atoms with Crippen LogP contribution >= 0.6 is 23.2 Å². The van der Waals surface area contributed by atoms with Crippen molar-refractivity contribution >= 4 is 35.2 Å². The molecule has 0 atom stereocenters. The maximum atomic E-state index is 9.28. The molecule has 5 heteroatoms. The Kier molecular flexibility index (Phi) is 3.61. The second-order valence-corrected chi connectivity index (χ2v) is 3.78. The molecule has 1 rings (SSSR count). The Labute approximate surface area is 92.6 Å². The van der Waals surface area contributed by atoms with Gasteiger partial charge in [0.1, 0.15) is 0 Å². The Hall–Kier alpha value is -0.930. The van der Waals surface area contributed by atoms with Crippen molar-refractivity contribution < 1.29 is 5.11 Å². The summed E-state index contributed by atoms with van der Waals surface area (Å²) in [7, 11) is 3.71. The summed E-state index contributed by atoms with van der Waals surface area (Å²) in [6.45, 7) is 0. The molecule has 0 aliphatic heterocycles. The number of phenolic OH excluding ortho intramolecular Hbond substituents is 1. The van der Waals surface area contributed by atoms with E-state index in [1.807, 2.05) is 14.1 Å². The van der Waals surface area contributed by atoms with Gasteiger partial charge in [0, 0.05) is 14.1 Å². The van der Waals surface area contributed by atoms with Crippen molar-refractivity contribution in [3.63, 3.8) is 0 Å². The summed E-state index contributed by atoms with van der Waals surface area (Å²) in [5.41, 5.74) is 0.603. The summed E-state index contributed by atoms with van der Waals surface area (Å²) < 4.78 is 0. The van der Waals surface area contributed by atoms with Crippen LogP contribution in [-0.2, 0) is 0 Å². The van der Waals surface area contributed by atoms with Gasteiger partial charge in [-0.2, -0.15) is 0 Å². The second-order valence-electron chi connectivity index (χ2n) is 2.97. The lowest BCUT2D eigenvalue weighted by molar-refractivity contribution is 0.476. The predicted molar refractivity (Wildman–Crippen MR) is 60.0 cm³/mol. The fourth-order valence-electron chi connectivity index (χ4n) is 0.809. The molecule has 14 heavy (non-hydrogen) atoms. The van der Waals surface area contributed by atoms with Crippen LogP contribution in [-0.4, -0.2) is 30.4 Å². The largest absolute Gasteiger partial charge is 0.505 e. The van der Waals surface area contributed by atoms with Crippen molar-refractivity contribution in [3.8, 4) is 5.75 Å². The summed E-state index contributed by atoms with van der Waals surface area (Å²) >= 11 is 11.4. The predicted octanol–water partition coefficient (Wildman–Crippen LogP) is 2.92. The molecule has 1 aromatic rings. The third-order valence-corrected chi connectivity index (χ3v) is 2.02. The van der Waals surface area contributed by atoms with Crippen molar-refractivity contribution in [3.05, 3.63) is 22.2 Å². The van der Waals surface area contributed by atoms with Crippen LogP contribution in [0.3, 0.4) is 0 Å². The summed E-state index contributed by atoms with van der Waals surface area (Å²) in [5, 5.41) is 9.68. The highest BCUT2D eigenvalue weighted by Gasteiger charge is 2.05. The smallest absolute Gasteiger partial charge is 0.152 e. The number of phenols is 1. The molecule has 0 heterocycles. The molecule has 0 aliphatic rings. The van der Waals surface area contributed by atoms with Gasteiger partial charge in [0.05, 0.1) is 22.1 Å². The minimum absolute atomic E-state index is 0.114. The van der Waals surface area contributed by atoms with Crippen molar-refractivity contribution in [2.75, 3.05) is 14.1 Å². The average molecular weight is 233 g/mol. The molecule has 0 aliphatic carbocycles. The maximum absolute atomic E-state index is 9.28. The van der Waals surface area contributed by atoms with E-state index in [0.717, 1.165) is 0 Å². The zero-order valence-electron chi connectivity index (χ0n) is 7.83. The number of hydrogen-bond donors (Lipinski definition) is 1. The van der Waals surface area contributed by atoms with Crippen LogP contribution in [0.25, 0.3) is 0 Å². The lowest BCUT2D eigenvalue weighted by atomic mass is 10.3. The lowest BCUT2D eigenvalue weighted by Crippen LogP contribution is -2.06. The van der Waals surface area contributed by atoms with Crippen molar-refractivity contribution in [1.29, 1.82) is 0 Å². The van der Waals surface area contributed by atoms with E-state index in [2.05, 4.69) is 4.99 Å². The normalized spacial score (nSPS) is 10.9. The number of rotatable bonds is 2. The molecule has 0 amide bonds. The van der Waals surface area contributed by atoms with Crippen molar-refractivity contribution in [1.82, 2.24) is 4.90 Å². The number of hydrogen-bond acceptors (Lipinski definition) is 2. The van der Waals surface area contributed by atoms with E-state index in [9.17, 15) is 5.11 Å². The van der Waals surface area contributed by atoms with E-state index in [1.54, 1.807) is 23.4 Å². The van der Waals surface area contributed by atoms with Crippen LogP contribution in [0.4, 0.5) is 5.69 Å². The van der Waals surface area contributed by atoms with E-state index >= 15 is 0 Å². The number of aliphatic imine (C=N–C) groups is 1. The standard InChI is InChI=1S/C9H10Cl2N2O/c1-13(2)5-12-6-3-7(10)9(14)8(11)4-6/h3-5,14H,1-2H3/b12-5-. The number of halogens is 2. The molecule has 0 bridgehead atoms. The Morgan fingerprint density at radius 2 is 1.79 bits per heavy atom. The Morgan fingerprint density at radius 3 is 2.21 bits per heavy atom. The highest BCUT2D eigenvalue weighted by molar-refractivity contribution is 6.37. The number of aromatic hydroxyl groups is 1. The van der Waals surface area contributed by atoms with Gasteiger partial charge in [0.25, 0.3) is 0 Å². The highest BCUT2D eigenvalue weighted by atomic mass is 35.5. The zero-order chi connectivity index (χ0) is 10.7. The Morgan fingerprint density at radius 1 is 1.29 bits per heavy atom. The first kappa shape index (κ1) is 11.1. The van der Waals surface area contributed by atoms with Gasteiger partial charge in [-0.25, -0.2) is 4.99 Å². The fraction of sp³-hybridized carbons (Fsp3) is 0.222. The van der Waals surface area contributed by atoms with Gasteiger partial charge in [0.15, 0.2) is 5.75 Å². The van der Waals surface area contributed by atoms with E-state index in [1.165, 1.54) is 0 Å². The third-order valence-electron chi connectivity index (χ3n) is 1.44. The summed E-state index contributed by atoms with van der Waals surface area (Å²) in [5.74, 6) is -0.114. The molecule has 0 saturated carbocycles. The molecule has 3 nitrogen and oxygen atoms in total. The second kappa shape index (κ2) is 4.53. The van der Waals surface area contributed by atoms with Gasteiger partial charge in [-0.15, -0.1) is 0 Å². The van der Waals surface area contributed by atoms with Crippen LogP contribution in [0.5, 0.6) is 5.75 Å². The third kappa shape index (κ3) is 2.79.